The van der Waals surface area contributed by atoms with Crippen LogP contribution in [0.1, 0.15) is 28.7 Å². The SMILES string of the molecule is CCc1scc(-c2ccc(C(=O)NCCC(F)(F)F)cc2)[n+]1NC. The van der Waals surface area contributed by atoms with E-state index < -0.39 is 25.0 Å². The van der Waals surface area contributed by atoms with E-state index in [0.29, 0.717) is 5.56 Å². The first-order valence-corrected chi connectivity index (χ1v) is 8.39. The van der Waals surface area contributed by atoms with Gasteiger partial charge in [0.25, 0.3) is 16.6 Å². The average molecular weight is 358 g/mol. The molecule has 130 valence electrons. The number of nitrogens with zero attached hydrogens (tertiary/aromatic N) is 1. The lowest BCUT2D eigenvalue weighted by molar-refractivity contribution is -0.638. The number of halogens is 3. The lowest BCUT2D eigenvalue weighted by Crippen LogP contribution is -2.46. The number of hydrogen-bond acceptors (Lipinski definition) is 3. The molecule has 0 radical (unpaired) electrons. The van der Waals surface area contributed by atoms with Crippen LogP contribution in [0.15, 0.2) is 29.6 Å². The molecule has 4 nitrogen and oxygen atoms in total. The minimum Gasteiger partial charge on any atom is -0.352 e. The van der Waals surface area contributed by atoms with Crippen molar-refractivity contribution in [2.45, 2.75) is 25.9 Å². The van der Waals surface area contributed by atoms with Gasteiger partial charge in [0, 0.05) is 24.1 Å². The molecule has 0 aliphatic heterocycles. The van der Waals surface area contributed by atoms with E-state index in [2.05, 4.69) is 17.7 Å². The lowest BCUT2D eigenvalue weighted by atomic mass is 10.1. The highest BCUT2D eigenvalue weighted by Gasteiger charge is 2.26. The zero-order valence-electron chi connectivity index (χ0n) is 13.4. The summed E-state index contributed by atoms with van der Waals surface area (Å²) in [5.41, 5.74) is 5.35. The van der Waals surface area contributed by atoms with E-state index in [0.717, 1.165) is 17.7 Å². The van der Waals surface area contributed by atoms with Crippen LogP contribution in [0.2, 0.25) is 0 Å². The maximum atomic E-state index is 12.1. The number of alkyl halides is 3. The summed E-state index contributed by atoms with van der Waals surface area (Å²) in [5.74, 6) is -0.508. The smallest absolute Gasteiger partial charge is 0.352 e. The number of hydrogen-bond donors (Lipinski definition) is 2. The number of carbonyl (C=O) groups excluding carboxylic acids is 1. The third-order valence-corrected chi connectivity index (χ3v) is 4.54. The summed E-state index contributed by atoms with van der Waals surface area (Å²) in [7, 11) is 1.83. The first-order valence-electron chi connectivity index (χ1n) is 7.51. The van der Waals surface area contributed by atoms with Crippen LogP contribution in [-0.2, 0) is 6.42 Å². The molecule has 0 aliphatic rings. The van der Waals surface area contributed by atoms with Crippen molar-refractivity contribution in [3.05, 3.63) is 40.2 Å². The van der Waals surface area contributed by atoms with Crippen molar-refractivity contribution in [1.29, 1.82) is 0 Å². The fourth-order valence-corrected chi connectivity index (χ4v) is 3.21. The summed E-state index contributed by atoms with van der Waals surface area (Å²) in [4.78, 5) is 11.9. The average Bonchev–Trinajstić information content (AvgIpc) is 2.96. The molecule has 1 aromatic heterocycles. The van der Waals surface area contributed by atoms with Gasteiger partial charge in [-0.3, -0.25) is 4.79 Å². The van der Waals surface area contributed by atoms with Gasteiger partial charge in [-0.25, -0.2) is 0 Å². The highest BCUT2D eigenvalue weighted by molar-refractivity contribution is 7.09. The van der Waals surface area contributed by atoms with Gasteiger partial charge in [0.1, 0.15) is 0 Å². The van der Waals surface area contributed by atoms with E-state index in [1.165, 1.54) is 5.01 Å². The molecule has 0 bridgehead atoms. The van der Waals surface area contributed by atoms with E-state index >= 15 is 0 Å². The predicted octanol–water partition coefficient (Wildman–Crippen LogP) is 3.12. The topological polar surface area (TPSA) is 45.0 Å². The molecule has 0 fully saturated rings. The molecule has 0 unspecified atom stereocenters. The molecule has 24 heavy (non-hydrogen) atoms. The van der Waals surface area contributed by atoms with Gasteiger partial charge in [-0.2, -0.15) is 18.6 Å². The van der Waals surface area contributed by atoms with E-state index in [1.807, 2.05) is 17.1 Å². The summed E-state index contributed by atoms with van der Waals surface area (Å²) in [6.45, 7) is 1.64. The number of benzene rings is 1. The molecule has 0 aliphatic carbocycles. The third kappa shape index (κ3) is 4.47. The fourth-order valence-electron chi connectivity index (χ4n) is 2.26. The lowest BCUT2D eigenvalue weighted by Gasteiger charge is -2.08. The minimum atomic E-state index is -4.27. The Morgan fingerprint density at radius 3 is 2.46 bits per heavy atom. The molecule has 2 aromatic rings. The Kier molecular flexibility index (Phi) is 5.82. The molecule has 0 saturated heterocycles. The van der Waals surface area contributed by atoms with Crippen molar-refractivity contribution in [3.8, 4) is 11.3 Å². The summed E-state index contributed by atoms with van der Waals surface area (Å²) >= 11 is 1.63. The van der Waals surface area contributed by atoms with Crippen molar-refractivity contribution in [3.63, 3.8) is 0 Å². The summed E-state index contributed by atoms with van der Waals surface area (Å²) in [5, 5.41) is 5.47. The van der Waals surface area contributed by atoms with Gasteiger partial charge >= 0.3 is 6.18 Å². The van der Waals surface area contributed by atoms with Crippen LogP contribution < -0.4 is 15.4 Å². The molecule has 2 rings (SSSR count). The Labute approximate surface area is 142 Å². The van der Waals surface area contributed by atoms with Crippen molar-refractivity contribution in [2.24, 2.45) is 0 Å². The van der Waals surface area contributed by atoms with E-state index in [1.54, 1.807) is 35.6 Å². The number of aromatic nitrogens is 1. The van der Waals surface area contributed by atoms with Crippen LogP contribution in [0, 0.1) is 0 Å². The van der Waals surface area contributed by atoms with Crippen LogP contribution >= 0.6 is 11.3 Å². The molecule has 1 amide bonds. The standard InChI is InChI=1S/C16H18F3N3OS/c1-3-14-22(20-2)13(10-24-14)11-4-6-12(7-5-11)15(23)21-9-8-16(17,18)19/h4-7,10,20H,3,8-9H2,1-2H3/p+1. The van der Waals surface area contributed by atoms with Crippen molar-refractivity contribution in [2.75, 3.05) is 19.0 Å². The van der Waals surface area contributed by atoms with Crippen LogP contribution in [-0.4, -0.2) is 25.7 Å². The fraction of sp³-hybridized carbons (Fsp3) is 0.375. The van der Waals surface area contributed by atoms with Crippen molar-refractivity contribution >= 4 is 17.2 Å². The van der Waals surface area contributed by atoms with Crippen LogP contribution in [0.25, 0.3) is 11.3 Å². The van der Waals surface area contributed by atoms with Crippen LogP contribution in [0.4, 0.5) is 13.2 Å². The second kappa shape index (κ2) is 7.65. The highest BCUT2D eigenvalue weighted by Crippen LogP contribution is 2.21. The Morgan fingerprint density at radius 1 is 1.25 bits per heavy atom. The largest absolute Gasteiger partial charge is 0.390 e. The Hall–Kier alpha value is -2.09. The van der Waals surface area contributed by atoms with Gasteiger partial charge in [-0.05, 0) is 24.3 Å². The number of amides is 1. The molecule has 8 heteroatoms. The highest BCUT2D eigenvalue weighted by atomic mass is 32.1. The number of rotatable bonds is 6. The molecular formula is C16H19F3N3OS+. The molecule has 2 N–H and O–H groups in total. The molecule has 1 aromatic carbocycles. The van der Waals surface area contributed by atoms with Gasteiger partial charge in [-0.15, -0.1) is 0 Å². The van der Waals surface area contributed by atoms with Crippen molar-refractivity contribution in [1.82, 2.24) is 5.32 Å². The van der Waals surface area contributed by atoms with Crippen molar-refractivity contribution < 1.29 is 22.6 Å². The van der Waals surface area contributed by atoms with Crippen LogP contribution in [0.3, 0.4) is 0 Å². The molecule has 0 saturated carbocycles. The van der Waals surface area contributed by atoms with E-state index in [4.69, 9.17) is 0 Å². The number of thiazole rings is 1. The van der Waals surface area contributed by atoms with Gasteiger partial charge in [0.15, 0.2) is 0 Å². The normalized spacial score (nSPS) is 11.4. The minimum absolute atomic E-state index is 0.336. The molecule has 0 spiro atoms. The Bertz CT molecular complexity index is 696. The zero-order valence-corrected chi connectivity index (χ0v) is 14.2. The Balaban J connectivity index is 2.08. The summed E-state index contributed by atoms with van der Waals surface area (Å²) in [6.07, 6.45) is -4.41. The molecule has 0 atom stereocenters. The predicted molar refractivity (Wildman–Crippen MR) is 87.6 cm³/mol. The van der Waals surface area contributed by atoms with Crippen LogP contribution in [0.5, 0.6) is 0 Å². The van der Waals surface area contributed by atoms with Gasteiger partial charge in [0.2, 0.25) is 0 Å². The maximum Gasteiger partial charge on any atom is 0.390 e. The summed E-state index contributed by atoms with van der Waals surface area (Å²) < 4.78 is 38.3. The maximum absolute atomic E-state index is 12.1. The second-order valence-corrected chi connectivity index (χ2v) is 6.07. The van der Waals surface area contributed by atoms with Gasteiger partial charge < -0.3 is 5.32 Å². The molecule has 1 heterocycles. The van der Waals surface area contributed by atoms with Gasteiger partial charge in [-0.1, -0.05) is 22.9 Å². The number of aryl methyl sites for hydroxylation is 1. The van der Waals surface area contributed by atoms with E-state index in [9.17, 15) is 18.0 Å². The quantitative estimate of drug-likeness (QED) is 0.780. The second-order valence-electron chi connectivity index (χ2n) is 5.13. The summed E-state index contributed by atoms with van der Waals surface area (Å²) in [6, 6.07) is 6.80. The first kappa shape index (κ1) is 18.3. The van der Waals surface area contributed by atoms with Gasteiger partial charge in [0.05, 0.1) is 18.8 Å². The number of nitrogens with one attached hydrogen (secondary N) is 2. The molecular weight excluding hydrogens is 339 g/mol. The first-order chi connectivity index (χ1) is 11.4. The Morgan fingerprint density at radius 2 is 1.92 bits per heavy atom. The van der Waals surface area contributed by atoms with E-state index in [-0.39, 0.29) is 0 Å². The third-order valence-electron chi connectivity index (χ3n) is 3.46. The number of carbonyl (C=O) groups is 1. The monoisotopic (exact) mass is 358 g/mol. The zero-order chi connectivity index (χ0) is 17.7.